The molecule has 0 unspecified atom stereocenters. The molecule has 0 aliphatic heterocycles. The van der Waals surface area contributed by atoms with Crippen molar-refractivity contribution >= 4 is 28.7 Å². The smallest absolute Gasteiger partial charge is 0.412 e. The lowest BCUT2D eigenvalue weighted by Gasteiger charge is -2.20. The van der Waals surface area contributed by atoms with E-state index in [4.69, 9.17) is 4.74 Å². The molecule has 0 spiro atoms. The van der Waals surface area contributed by atoms with Crippen LogP contribution in [0.5, 0.6) is 0 Å². The van der Waals surface area contributed by atoms with Gasteiger partial charge in [0.05, 0.1) is 24.0 Å². The fourth-order valence-electron chi connectivity index (χ4n) is 2.72. The number of aromatic amines is 1. The number of rotatable bonds is 5. The molecule has 0 aliphatic carbocycles. The number of imidazole rings is 1. The number of benzene rings is 2. The second kappa shape index (κ2) is 8.12. The van der Waals surface area contributed by atoms with Crippen molar-refractivity contribution < 1.29 is 14.3 Å². The summed E-state index contributed by atoms with van der Waals surface area (Å²) < 4.78 is 5.27. The van der Waals surface area contributed by atoms with Crippen molar-refractivity contribution in [2.24, 2.45) is 0 Å². The molecule has 0 fully saturated rings. The lowest BCUT2D eigenvalue weighted by atomic mass is 10.1. The Balaban J connectivity index is 1.60. The molecule has 3 N–H and O–H groups in total. The third-order valence-electron chi connectivity index (χ3n) is 3.90. The average Bonchev–Trinajstić information content (AvgIpc) is 3.03. The first-order valence-corrected chi connectivity index (χ1v) is 9.08. The molecule has 0 saturated heterocycles. The molecule has 2 amide bonds. The Labute approximate surface area is 163 Å². The van der Waals surface area contributed by atoms with Crippen molar-refractivity contribution in [2.45, 2.75) is 39.3 Å². The van der Waals surface area contributed by atoms with Gasteiger partial charge >= 0.3 is 6.09 Å². The molecule has 7 nitrogen and oxygen atoms in total. The molecule has 2 aromatic carbocycles. The summed E-state index contributed by atoms with van der Waals surface area (Å²) in [6, 6.07) is 14.9. The van der Waals surface area contributed by atoms with Crippen molar-refractivity contribution in [3.05, 3.63) is 59.9 Å². The van der Waals surface area contributed by atoms with Crippen molar-refractivity contribution in [1.82, 2.24) is 15.3 Å². The topological polar surface area (TPSA) is 96.1 Å². The second-order valence-corrected chi connectivity index (χ2v) is 7.44. The number of fused-ring (bicyclic) bond motifs is 1. The van der Waals surface area contributed by atoms with Crippen LogP contribution in [0.15, 0.2) is 48.5 Å². The molecule has 0 radical (unpaired) electrons. The first-order chi connectivity index (χ1) is 13.3. The molecule has 3 aromatic rings. The van der Waals surface area contributed by atoms with Crippen molar-refractivity contribution in [2.75, 3.05) is 5.32 Å². The van der Waals surface area contributed by atoms with Crippen LogP contribution < -0.4 is 10.6 Å². The van der Waals surface area contributed by atoms with Gasteiger partial charge in [-0.05, 0) is 44.5 Å². The molecule has 7 heteroatoms. The van der Waals surface area contributed by atoms with Crippen LogP contribution in [0.25, 0.3) is 11.0 Å². The van der Waals surface area contributed by atoms with Crippen LogP contribution in [-0.2, 0) is 22.5 Å². The molecule has 3 rings (SSSR count). The summed E-state index contributed by atoms with van der Waals surface area (Å²) in [6.07, 6.45) is -0.422. The Bertz CT molecular complexity index is 955. The monoisotopic (exact) mass is 380 g/mol. The quantitative estimate of drug-likeness (QED) is 0.628. The first-order valence-electron chi connectivity index (χ1n) is 9.08. The highest BCUT2D eigenvalue weighted by Crippen LogP contribution is 2.18. The number of carbonyl (C=O) groups is 2. The zero-order valence-electron chi connectivity index (χ0n) is 16.2. The number of para-hydroxylation sites is 3. The highest BCUT2D eigenvalue weighted by molar-refractivity contribution is 5.88. The van der Waals surface area contributed by atoms with Gasteiger partial charge in [0.15, 0.2) is 0 Å². The summed E-state index contributed by atoms with van der Waals surface area (Å²) in [7, 11) is 0. The van der Waals surface area contributed by atoms with Gasteiger partial charge in [0, 0.05) is 5.69 Å². The maximum Gasteiger partial charge on any atom is 0.412 e. The number of anilines is 1. The number of aromatic nitrogens is 2. The van der Waals surface area contributed by atoms with E-state index in [1.54, 1.807) is 39.0 Å². The van der Waals surface area contributed by atoms with Gasteiger partial charge < -0.3 is 15.0 Å². The largest absolute Gasteiger partial charge is 0.444 e. The van der Waals surface area contributed by atoms with Gasteiger partial charge in [-0.1, -0.05) is 30.3 Å². The molecule has 0 atom stereocenters. The molecule has 28 heavy (non-hydrogen) atoms. The predicted molar refractivity (Wildman–Crippen MR) is 108 cm³/mol. The Morgan fingerprint density at radius 2 is 1.79 bits per heavy atom. The fourth-order valence-corrected chi connectivity index (χ4v) is 2.72. The molecule has 0 aliphatic rings. The number of nitrogens with one attached hydrogen (secondary N) is 3. The number of hydrogen-bond acceptors (Lipinski definition) is 4. The van der Waals surface area contributed by atoms with E-state index in [0.29, 0.717) is 23.6 Å². The molecule has 1 heterocycles. The number of ether oxygens (including phenoxy) is 1. The van der Waals surface area contributed by atoms with Gasteiger partial charge in [0.1, 0.15) is 11.4 Å². The third-order valence-corrected chi connectivity index (χ3v) is 3.90. The fraction of sp³-hybridized carbons (Fsp3) is 0.286. The van der Waals surface area contributed by atoms with Gasteiger partial charge in [-0.2, -0.15) is 0 Å². The maximum absolute atomic E-state index is 12.4. The highest BCUT2D eigenvalue weighted by Gasteiger charge is 2.17. The van der Waals surface area contributed by atoms with E-state index < -0.39 is 11.7 Å². The van der Waals surface area contributed by atoms with Crippen LogP contribution in [0, 0.1) is 0 Å². The van der Waals surface area contributed by atoms with Crippen molar-refractivity contribution in [3.8, 4) is 0 Å². The summed E-state index contributed by atoms with van der Waals surface area (Å²) >= 11 is 0. The first kappa shape index (κ1) is 19.4. The molecular formula is C21H24N4O3. The Hall–Kier alpha value is -3.35. The summed E-state index contributed by atoms with van der Waals surface area (Å²) in [4.78, 5) is 32.0. The van der Waals surface area contributed by atoms with Crippen LogP contribution in [-0.4, -0.2) is 27.6 Å². The molecule has 146 valence electrons. The summed E-state index contributed by atoms with van der Waals surface area (Å²) in [5.41, 5.74) is 2.45. The zero-order valence-corrected chi connectivity index (χ0v) is 16.2. The molecule has 0 bridgehead atoms. The van der Waals surface area contributed by atoms with E-state index in [-0.39, 0.29) is 12.3 Å². The predicted octanol–water partition coefficient (Wildman–Crippen LogP) is 3.77. The van der Waals surface area contributed by atoms with Gasteiger partial charge in [-0.3, -0.25) is 10.1 Å². The van der Waals surface area contributed by atoms with Crippen molar-refractivity contribution in [3.63, 3.8) is 0 Å². The van der Waals surface area contributed by atoms with Gasteiger partial charge in [-0.15, -0.1) is 0 Å². The standard InChI is InChI=1S/C21H24N4O3/c1-21(2,3)28-20(27)25-15-9-5-4-8-14(15)12-19(26)22-13-18-23-16-10-6-7-11-17(16)24-18/h4-11H,12-13H2,1-3H3,(H,22,26)(H,23,24)(H,25,27). The van der Waals surface area contributed by atoms with E-state index in [0.717, 1.165) is 11.0 Å². The van der Waals surface area contributed by atoms with E-state index in [1.807, 2.05) is 30.3 Å². The van der Waals surface area contributed by atoms with Gasteiger partial charge in [-0.25, -0.2) is 9.78 Å². The Kier molecular flexibility index (Phi) is 5.63. The number of hydrogen-bond donors (Lipinski definition) is 3. The van der Waals surface area contributed by atoms with E-state index >= 15 is 0 Å². The molecular weight excluding hydrogens is 356 g/mol. The van der Waals surface area contributed by atoms with Gasteiger partial charge in [0.2, 0.25) is 5.91 Å². The Morgan fingerprint density at radius 1 is 1.07 bits per heavy atom. The van der Waals surface area contributed by atoms with Crippen molar-refractivity contribution in [1.29, 1.82) is 0 Å². The molecule has 1 aromatic heterocycles. The average molecular weight is 380 g/mol. The van der Waals surface area contributed by atoms with Crippen LogP contribution in [0.2, 0.25) is 0 Å². The minimum Gasteiger partial charge on any atom is -0.444 e. The summed E-state index contributed by atoms with van der Waals surface area (Å²) in [5, 5.41) is 5.55. The molecule has 0 saturated carbocycles. The van der Waals surface area contributed by atoms with Crippen LogP contribution in [0.4, 0.5) is 10.5 Å². The lowest BCUT2D eigenvalue weighted by Crippen LogP contribution is -2.28. The van der Waals surface area contributed by atoms with Crippen LogP contribution in [0.1, 0.15) is 32.2 Å². The second-order valence-electron chi connectivity index (χ2n) is 7.44. The summed E-state index contributed by atoms with van der Waals surface area (Å²) in [5.74, 6) is 0.522. The number of H-pyrrole nitrogens is 1. The summed E-state index contributed by atoms with van der Waals surface area (Å²) in [6.45, 7) is 5.69. The minimum atomic E-state index is -0.594. The Morgan fingerprint density at radius 3 is 2.54 bits per heavy atom. The van der Waals surface area contributed by atoms with E-state index in [2.05, 4.69) is 20.6 Å². The van der Waals surface area contributed by atoms with Crippen LogP contribution >= 0.6 is 0 Å². The number of nitrogens with zero attached hydrogens (tertiary/aromatic N) is 1. The third kappa shape index (κ3) is 5.33. The number of amides is 2. The zero-order chi connectivity index (χ0) is 20.1. The van der Waals surface area contributed by atoms with E-state index in [1.165, 1.54) is 0 Å². The normalized spacial score (nSPS) is 11.2. The van der Waals surface area contributed by atoms with Crippen LogP contribution in [0.3, 0.4) is 0 Å². The maximum atomic E-state index is 12.4. The van der Waals surface area contributed by atoms with E-state index in [9.17, 15) is 9.59 Å². The number of carbonyl (C=O) groups excluding carboxylic acids is 2. The highest BCUT2D eigenvalue weighted by atomic mass is 16.6. The lowest BCUT2D eigenvalue weighted by molar-refractivity contribution is -0.120. The minimum absolute atomic E-state index is 0.131. The van der Waals surface area contributed by atoms with Gasteiger partial charge in [0.25, 0.3) is 0 Å². The SMILES string of the molecule is CC(C)(C)OC(=O)Nc1ccccc1CC(=O)NCc1nc2ccccc2[nH]1.